The molecule has 2 aromatic heterocycles. The lowest BCUT2D eigenvalue weighted by atomic mass is 10.0. The summed E-state index contributed by atoms with van der Waals surface area (Å²) in [5.74, 6) is 3.26. The van der Waals surface area contributed by atoms with Gasteiger partial charge in [-0.2, -0.15) is 10.2 Å². The van der Waals surface area contributed by atoms with E-state index in [1.165, 1.54) is 18.4 Å². The van der Waals surface area contributed by atoms with E-state index in [9.17, 15) is 4.21 Å². The van der Waals surface area contributed by atoms with Gasteiger partial charge in [-0.15, -0.1) is 0 Å². The highest BCUT2D eigenvalue weighted by Gasteiger charge is 2.30. The first-order valence-corrected chi connectivity index (χ1v) is 12.5. The Kier molecular flexibility index (Phi) is 5.41. The molecule has 2 aliphatic heterocycles. The molecule has 0 saturated heterocycles. The third-order valence-corrected chi connectivity index (χ3v) is 7.61. The van der Waals surface area contributed by atoms with Gasteiger partial charge in [-0.05, 0) is 50.2 Å². The van der Waals surface area contributed by atoms with Gasteiger partial charge in [-0.25, -0.2) is 15.0 Å². The zero-order valence-electron chi connectivity index (χ0n) is 18.5. The molecule has 0 radical (unpaired) electrons. The number of fused-ring (bicyclic) bond motifs is 1. The highest BCUT2D eigenvalue weighted by Crippen LogP contribution is 2.39. The van der Waals surface area contributed by atoms with Gasteiger partial charge in [0, 0.05) is 43.2 Å². The second-order valence-corrected chi connectivity index (χ2v) is 10.8. The number of nitrogens with one attached hydrogen (secondary N) is 1. The minimum atomic E-state index is -1.11. The van der Waals surface area contributed by atoms with Gasteiger partial charge in [0.15, 0.2) is 5.82 Å². The van der Waals surface area contributed by atoms with Crippen LogP contribution in [0.15, 0.2) is 23.4 Å². The molecule has 0 amide bonds. The number of nitrogens with zero attached hydrogens (tertiary/aromatic N) is 6. The number of hydrogen-bond donors (Lipinski definition) is 1. The van der Waals surface area contributed by atoms with Crippen LogP contribution in [0.1, 0.15) is 62.5 Å². The standard InChI is InChI=1S/C23H27N7OS/c1-23(2,8-9-24)29-21-19-18(7-12-32(19)31)27-22(28-21)30-10-5-16(6-11-30)20-25-13-17(14-26-20)15-3-4-15/h5,13-15H,3-4,6-8,10-12H2,1-2H3,(H,27,28,29)/t32-/m0/s1. The molecule has 1 N–H and O–H groups in total. The number of aryl methyl sites for hydroxylation is 1. The predicted octanol–water partition coefficient (Wildman–Crippen LogP) is 3.21. The summed E-state index contributed by atoms with van der Waals surface area (Å²) in [6, 6.07) is 2.21. The Morgan fingerprint density at radius 3 is 2.69 bits per heavy atom. The molecule has 1 saturated carbocycles. The first-order valence-electron chi connectivity index (χ1n) is 11.1. The molecule has 8 nitrogen and oxygen atoms in total. The minimum Gasteiger partial charge on any atom is -0.363 e. The van der Waals surface area contributed by atoms with Crippen molar-refractivity contribution in [2.75, 3.05) is 29.1 Å². The van der Waals surface area contributed by atoms with Crippen molar-refractivity contribution in [3.63, 3.8) is 0 Å². The average molecular weight is 450 g/mol. The van der Waals surface area contributed by atoms with Gasteiger partial charge in [-0.1, -0.05) is 6.08 Å². The maximum atomic E-state index is 12.6. The molecule has 1 fully saturated rings. The van der Waals surface area contributed by atoms with Crippen molar-refractivity contribution >= 4 is 28.1 Å². The molecule has 9 heteroatoms. The van der Waals surface area contributed by atoms with E-state index in [0.29, 0.717) is 47.7 Å². The monoisotopic (exact) mass is 449 g/mol. The Morgan fingerprint density at radius 2 is 2.03 bits per heavy atom. The van der Waals surface area contributed by atoms with E-state index >= 15 is 0 Å². The maximum Gasteiger partial charge on any atom is 0.227 e. The van der Waals surface area contributed by atoms with Crippen LogP contribution < -0.4 is 10.2 Å². The van der Waals surface area contributed by atoms with Crippen molar-refractivity contribution in [1.82, 2.24) is 19.9 Å². The molecule has 1 aliphatic carbocycles. The van der Waals surface area contributed by atoms with Gasteiger partial charge in [-0.3, -0.25) is 4.21 Å². The molecule has 0 aromatic carbocycles. The van der Waals surface area contributed by atoms with E-state index < -0.39 is 16.3 Å². The van der Waals surface area contributed by atoms with Crippen LogP contribution in [0.3, 0.4) is 0 Å². The molecule has 4 heterocycles. The fourth-order valence-electron chi connectivity index (χ4n) is 4.16. The zero-order valence-corrected chi connectivity index (χ0v) is 19.3. The lowest BCUT2D eigenvalue weighted by molar-refractivity contribution is 0.576. The van der Waals surface area contributed by atoms with Gasteiger partial charge >= 0.3 is 0 Å². The molecule has 32 heavy (non-hydrogen) atoms. The second kappa shape index (κ2) is 8.24. The van der Waals surface area contributed by atoms with Crippen molar-refractivity contribution in [3.05, 3.63) is 35.6 Å². The quantitative estimate of drug-likeness (QED) is 0.716. The number of anilines is 2. The van der Waals surface area contributed by atoms with Gasteiger partial charge in [0.1, 0.15) is 10.7 Å². The summed E-state index contributed by atoms with van der Waals surface area (Å²) in [6.45, 7) is 5.34. The van der Waals surface area contributed by atoms with Crippen LogP contribution in [0.4, 0.5) is 11.8 Å². The fraction of sp³-hybridized carbons (Fsp3) is 0.522. The molecule has 5 rings (SSSR count). The summed E-state index contributed by atoms with van der Waals surface area (Å²) >= 11 is 0. The molecule has 0 spiro atoms. The summed E-state index contributed by atoms with van der Waals surface area (Å²) in [7, 11) is -1.11. The SMILES string of the molecule is CC(C)(CC#N)Nc1nc(N2CC=C(c3ncc(C4CC4)cn3)CC2)nc2c1[S@@](=O)CC2. The Balaban J connectivity index is 1.37. The van der Waals surface area contributed by atoms with Crippen LogP contribution in [-0.4, -0.2) is 48.5 Å². The summed E-state index contributed by atoms with van der Waals surface area (Å²) < 4.78 is 12.6. The Hall–Kier alpha value is -2.86. The van der Waals surface area contributed by atoms with Crippen LogP contribution >= 0.6 is 0 Å². The number of nitriles is 1. The minimum absolute atomic E-state index is 0.323. The molecule has 0 unspecified atom stereocenters. The lowest BCUT2D eigenvalue weighted by Crippen LogP contribution is -2.33. The Bertz CT molecular complexity index is 1130. The van der Waals surface area contributed by atoms with E-state index in [1.807, 2.05) is 26.2 Å². The molecular formula is C23H27N7OS. The maximum absolute atomic E-state index is 12.6. The first kappa shape index (κ1) is 21.0. The molecule has 166 valence electrons. The Morgan fingerprint density at radius 1 is 1.25 bits per heavy atom. The predicted molar refractivity (Wildman–Crippen MR) is 124 cm³/mol. The lowest BCUT2D eigenvalue weighted by Gasteiger charge is -2.29. The van der Waals surface area contributed by atoms with Crippen molar-refractivity contribution in [1.29, 1.82) is 5.26 Å². The molecule has 3 aliphatic rings. The molecular weight excluding hydrogens is 422 g/mol. The van der Waals surface area contributed by atoms with E-state index in [4.69, 9.17) is 15.2 Å². The number of aromatic nitrogens is 4. The third kappa shape index (κ3) is 4.24. The van der Waals surface area contributed by atoms with Crippen molar-refractivity contribution in [2.24, 2.45) is 0 Å². The van der Waals surface area contributed by atoms with Gasteiger partial charge in [0.05, 0.1) is 29.0 Å². The van der Waals surface area contributed by atoms with Crippen LogP contribution in [-0.2, 0) is 17.2 Å². The van der Waals surface area contributed by atoms with Crippen molar-refractivity contribution in [2.45, 2.75) is 62.3 Å². The Labute approximate surface area is 190 Å². The smallest absolute Gasteiger partial charge is 0.227 e. The van der Waals surface area contributed by atoms with Crippen LogP contribution in [0.5, 0.6) is 0 Å². The number of hydrogen-bond acceptors (Lipinski definition) is 8. The summed E-state index contributed by atoms with van der Waals surface area (Å²) in [6.07, 6.45) is 10.4. The first-order chi connectivity index (χ1) is 15.4. The average Bonchev–Trinajstić information content (AvgIpc) is 3.56. The van der Waals surface area contributed by atoms with Gasteiger partial charge in [0.25, 0.3) is 0 Å². The van der Waals surface area contributed by atoms with Gasteiger partial charge in [0.2, 0.25) is 5.95 Å². The summed E-state index contributed by atoms with van der Waals surface area (Å²) in [4.78, 5) is 21.5. The second-order valence-electron chi connectivity index (χ2n) is 9.33. The fourth-order valence-corrected chi connectivity index (χ4v) is 5.46. The van der Waals surface area contributed by atoms with E-state index in [0.717, 1.165) is 30.1 Å². The third-order valence-electron chi connectivity index (χ3n) is 6.15. The summed E-state index contributed by atoms with van der Waals surface area (Å²) in [5.41, 5.74) is 2.77. The topological polar surface area (TPSA) is 108 Å². The molecule has 2 aromatic rings. The van der Waals surface area contributed by atoms with E-state index in [1.54, 1.807) is 0 Å². The van der Waals surface area contributed by atoms with Gasteiger partial charge < -0.3 is 10.2 Å². The van der Waals surface area contributed by atoms with Crippen LogP contribution in [0.2, 0.25) is 0 Å². The van der Waals surface area contributed by atoms with Crippen LogP contribution in [0, 0.1) is 11.3 Å². The van der Waals surface area contributed by atoms with Crippen molar-refractivity contribution in [3.8, 4) is 6.07 Å². The highest BCUT2D eigenvalue weighted by molar-refractivity contribution is 7.85. The normalized spacial score (nSPS) is 20.5. The van der Waals surface area contributed by atoms with Crippen molar-refractivity contribution < 1.29 is 4.21 Å². The highest BCUT2D eigenvalue weighted by atomic mass is 32.2. The summed E-state index contributed by atoms with van der Waals surface area (Å²) in [5, 5.41) is 12.5. The molecule has 1 atom stereocenters. The van der Waals surface area contributed by atoms with E-state index in [2.05, 4.69) is 32.3 Å². The van der Waals surface area contributed by atoms with Crippen LogP contribution in [0.25, 0.3) is 5.57 Å². The van der Waals surface area contributed by atoms with E-state index in [-0.39, 0.29) is 0 Å². The number of rotatable bonds is 6. The zero-order chi connectivity index (χ0) is 22.3. The largest absolute Gasteiger partial charge is 0.363 e. The molecule has 0 bridgehead atoms.